The summed E-state index contributed by atoms with van der Waals surface area (Å²) in [5.41, 5.74) is 8.87. The van der Waals surface area contributed by atoms with Crippen molar-refractivity contribution in [2.45, 2.75) is 51.2 Å². The SMILES string of the molecule is CCCC[C@H]1CC2(N=C(N)N(C)C2=O)c2cc(-c3cc(C)cc(Cl)c3)ccc2O1. The van der Waals surface area contributed by atoms with Crippen molar-refractivity contribution in [3.63, 3.8) is 0 Å². The van der Waals surface area contributed by atoms with Gasteiger partial charge < -0.3 is 10.5 Å². The maximum atomic E-state index is 13.3. The Morgan fingerprint density at radius 1 is 1.28 bits per heavy atom. The third-order valence-electron chi connectivity index (χ3n) is 5.80. The Morgan fingerprint density at radius 2 is 2.07 bits per heavy atom. The van der Waals surface area contributed by atoms with Crippen LogP contribution in [0.1, 0.15) is 43.7 Å². The second-order valence-corrected chi connectivity index (χ2v) is 8.45. The van der Waals surface area contributed by atoms with Crippen LogP contribution in [0.5, 0.6) is 5.75 Å². The highest BCUT2D eigenvalue weighted by Gasteiger charge is 2.53. The van der Waals surface area contributed by atoms with Crippen LogP contribution >= 0.6 is 11.6 Å². The van der Waals surface area contributed by atoms with Crippen LogP contribution in [0.25, 0.3) is 11.1 Å². The first-order valence-electron chi connectivity index (χ1n) is 10.1. The van der Waals surface area contributed by atoms with Gasteiger partial charge in [-0.25, -0.2) is 4.99 Å². The maximum Gasteiger partial charge on any atom is 0.261 e. The van der Waals surface area contributed by atoms with Crippen molar-refractivity contribution < 1.29 is 9.53 Å². The Morgan fingerprint density at radius 3 is 2.72 bits per heavy atom. The summed E-state index contributed by atoms with van der Waals surface area (Å²) in [6.45, 7) is 4.16. The van der Waals surface area contributed by atoms with Gasteiger partial charge in [0.1, 0.15) is 11.9 Å². The van der Waals surface area contributed by atoms with Gasteiger partial charge in [-0.2, -0.15) is 0 Å². The number of amides is 1. The summed E-state index contributed by atoms with van der Waals surface area (Å²) >= 11 is 6.27. The summed E-state index contributed by atoms with van der Waals surface area (Å²) in [4.78, 5) is 19.4. The van der Waals surface area contributed by atoms with Crippen LogP contribution in [0.2, 0.25) is 5.02 Å². The van der Waals surface area contributed by atoms with E-state index < -0.39 is 5.54 Å². The number of aryl methyl sites for hydroxylation is 1. The molecule has 0 aromatic heterocycles. The molecule has 2 N–H and O–H groups in total. The molecule has 1 spiro atoms. The van der Waals surface area contributed by atoms with Gasteiger partial charge in [-0.15, -0.1) is 0 Å². The molecule has 0 fully saturated rings. The van der Waals surface area contributed by atoms with Crippen molar-refractivity contribution in [1.82, 2.24) is 4.90 Å². The molecule has 0 bridgehead atoms. The number of aliphatic imine (C=N–C) groups is 1. The van der Waals surface area contributed by atoms with Crippen LogP contribution in [0.3, 0.4) is 0 Å². The molecule has 1 amide bonds. The van der Waals surface area contributed by atoms with Gasteiger partial charge in [0.05, 0.1) is 0 Å². The Hall–Kier alpha value is -2.53. The lowest BCUT2D eigenvalue weighted by Crippen LogP contribution is -2.45. The zero-order valence-electron chi connectivity index (χ0n) is 17.0. The molecule has 2 aliphatic heterocycles. The average Bonchev–Trinajstić information content (AvgIpc) is 2.89. The summed E-state index contributed by atoms with van der Waals surface area (Å²) in [6, 6.07) is 11.9. The second-order valence-electron chi connectivity index (χ2n) is 8.01. The molecule has 1 unspecified atom stereocenters. The van der Waals surface area contributed by atoms with Crippen LogP contribution in [0.15, 0.2) is 41.4 Å². The number of carbonyl (C=O) groups excluding carboxylic acids is 1. The number of benzene rings is 2. The molecule has 29 heavy (non-hydrogen) atoms. The number of halogens is 1. The van der Waals surface area contributed by atoms with Gasteiger partial charge in [0, 0.05) is 24.1 Å². The van der Waals surface area contributed by atoms with Gasteiger partial charge in [0.2, 0.25) is 0 Å². The van der Waals surface area contributed by atoms with Gasteiger partial charge in [-0.05, 0) is 54.3 Å². The van der Waals surface area contributed by atoms with Crippen LogP contribution in [0, 0.1) is 6.92 Å². The fourth-order valence-electron chi connectivity index (χ4n) is 4.30. The normalized spacial score (nSPS) is 23.2. The molecule has 0 radical (unpaired) electrons. The van der Waals surface area contributed by atoms with Gasteiger partial charge in [-0.3, -0.25) is 9.69 Å². The molecule has 2 aromatic carbocycles. The van der Waals surface area contributed by atoms with E-state index in [1.165, 1.54) is 4.90 Å². The number of fused-ring (bicyclic) bond motifs is 2. The van der Waals surface area contributed by atoms with Gasteiger partial charge in [0.15, 0.2) is 11.5 Å². The number of rotatable bonds is 4. The van der Waals surface area contributed by atoms with Crippen molar-refractivity contribution in [3.05, 3.63) is 52.5 Å². The minimum atomic E-state index is -1.02. The summed E-state index contributed by atoms with van der Waals surface area (Å²) in [5, 5.41) is 0.683. The van der Waals surface area contributed by atoms with E-state index in [1.54, 1.807) is 7.05 Å². The molecule has 0 saturated heterocycles. The number of nitrogens with zero attached hydrogens (tertiary/aromatic N) is 2. The molecule has 152 valence electrons. The lowest BCUT2D eigenvalue weighted by molar-refractivity contribution is -0.132. The standard InChI is InChI=1S/C23H26ClN3O2/c1-4-5-6-18-13-23(21(28)27(3)22(25)26-23)19-12-15(7-8-20(19)29-18)16-9-14(2)10-17(24)11-16/h7-12,18H,4-6,13H2,1-3H3,(H2,25,26)/t18-,23?/m0/s1. The minimum absolute atomic E-state index is 0.0614. The second kappa shape index (κ2) is 7.38. The highest BCUT2D eigenvalue weighted by molar-refractivity contribution is 6.31. The number of unbranched alkanes of at least 4 members (excludes halogenated alkanes) is 1. The van der Waals surface area contributed by atoms with E-state index in [4.69, 9.17) is 22.1 Å². The molecule has 2 aliphatic rings. The fraction of sp³-hybridized carbons (Fsp3) is 0.391. The molecular weight excluding hydrogens is 386 g/mol. The van der Waals surface area contributed by atoms with Crippen LogP contribution in [-0.2, 0) is 10.3 Å². The lowest BCUT2D eigenvalue weighted by Gasteiger charge is -2.37. The average molecular weight is 412 g/mol. The molecule has 5 nitrogen and oxygen atoms in total. The molecule has 2 heterocycles. The van der Waals surface area contributed by atoms with Crippen LogP contribution < -0.4 is 10.5 Å². The first-order valence-corrected chi connectivity index (χ1v) is 10.4. The van der Waals surface area contributed by atoms with E-state index in [0.717, 1.165) is 41.5 Å². The summed E-state index contributed by atoms with van der Waals surface area (Å²) < 4.78 is 6.27. The number of hydrogen-bond donors (Lipinski definition) is 1. The summed E-state index contributed by atoms with van der Waals surface area (Å²) in [7, 11) is 1.68. The third kappa shape index (κ3) is 3.38. The zero-order chi connectivity index (χ0) is 20.8. The number of likely N-dealkylation sites (N-methyl/N-ethyl adjacent to an activating group) is 1. The molecular formula is C23H26ClN3O2. The first-order chi connectivity index (χ1) is 13.8. The highest BCUT2D eigenvalue weighted by Crippen LogP contribution is 2.47. The largest absolute Gasteiger partial charge is 0.490 e. The highest BCUT2D eigenvalue weighted by atomic mass is 35.5. The van der Waals surface area contributed by atoms with Crippen LogP contribution in [0.4, 0.5) is 0 Å². The van der Waals surface area contributed by atoms with E-state index in [-0.39, 0.29) is 18.0 Å². The van der Waals surface area contributed by atoms with Crippen molar-refractivity contribution in [2.24, 2.45) is 10.7 Å². The number of guanidine groups is 1. The third-order valence-corrected chi connectivity index (χ3v) is 6.02. The summed E-state index contributed by atoms with van der Waals surface area (Å²) in [6.07, 6.45) is 3.45. The van der Waals surface area contributed by atoms with Crippen LogP contribution in [-0.4, -0.2) is 29.9 Å². The molecule has 0 aliphatic carbocycles. The number of nitrogens with two attached hydrogens (primary N) is 1. The lowest BCUT2D eigenvalue weighted by atomic mass is 9.79. The predicted molar refractivity (Wildman–Crippen MR) is 116 cm³/mol. The minimum Gasteiger partial charge on any atom is -0.490 e. The van der Waals surface area contributed by atoms with E-state index in [1.807, 2.05) is 37.3 Å². The van der Waals surface area contributed by atoms with E-state index in [9.17, 15) is 4.79 Å². The topological polar surface area (TPSA) is 67.9 Å². The maximum absolute atomic E-state index is 13.3. The van der Waals surface area contributed by atoms with E-state index in [2.05, 4.69) is 18.0 Å². The smallest absolute Gasteiger partial charge is 0.261 e. The molecule has 2 aromatic rings. The number of hydrogen-bond acceptors (Lipinski definition) is 4. The van der Waals surface area contributed by atoms with Gasteiger partial charge in [-0.1, -0.05) is 43.5 Å². The molecule has 6 heteroatoms. The number of carbonyl (C=O) groups is 1. The fourth-order valence-corrected chi connectivity index (χ4v) is 4.59. The van der Waals surface area contributed by atoms with Crippen molar-refractivity contribution in [2.75, 3.05) is 7.05 Å². The Kier molecular flexibility index (Phi) is 5.03. The summed E-state index contributed by atoms with van der Waals surface area (Å²) in [5.74, 6) is 0.863. The molecule has 4 rings (SSSR count). The quantitative estimate of drug-likeness (QED) is 0.796. The van der Waals surface area contributed by atoms with Crippen molar-refractivity contribution >= 4 is 23.5 Å². The monoisotopic (exact) mass is 411 g/mol. The van der Waals surface area contributed by atoms with E-state index in [0.29, 0.717) is 17.2 Å². The van der Waals surface area contributed by atoms with Gasteiger partial charge >= 0.3 is 0 Å². The van der Waals surface area contributed by atoms with E-state index >= 15 is 0 Å². The number of ether oxygens (including phenoxy) is 1. The molecule has 0 saturated carbocycles. The van der Waals surface area contributed by atoms with Gasteiger partial charge in [0.25, 0.3) is 5.91 Å². The zero-order valence-corrected chi connectivity index (χ0v) is 17.8. The van der Waals surface area contributed by atoms with Crippen molar-refractivity contribution in [3.8, 4) is 16.9 Å². The molecule has 2 atom stereocenters. The predicted octanol–water partition coefficient (Wildman–Crippen LogP) is 4.64. The van der Waals surface area contributed by atoms with Crippen molar-refractivity contribution in [1.29, 1.82) is 0 Å². The Labute approximate surface area is 176 Å². The first kappa shape index (κ1) is 19.8. The Bertz CT molecular complexity index is 983. The Balaban J connectivity index is 1.84.